The van der Waals surface area contributed by atoms with Crippen LogP contribution in [0.15, 0.2) is 0 Å². The van der Waals surface area contributed by atoms with Gasteiger partial charge in [0.2, 0.25) is 5.91 Å². The molecule has 0 radical (unpaired) electrons. The maximum atomic E-state index is 11.7. The van der Waals surface area contributed by atoms with Crippen LogP contribution in [0.1, 0.15) is 33.6 Å². The summed E-state index contributed by atoms with van der Waals surface area (Å²) in [5, 5.41) is 12.1. The largest absolute Gasteiger partial charge is 0.343 e. The Balaban J connectivity index is 3.71. The molecule has 18 heavy (non-hydrogen) atoms. The summed E-state index contributed by atoms with van der Waals surface area (Å²) >= 11 is 1.62. The van der Waals surface area contributed by atoms with Crippen molar-refractivity contribution in [2.75, 3.05) is 31.1 Å². The van der Waals surface area contributed by atoms with E-state index in [1.165, 1.54) is 0 Å². The number of nitriles is 1. The number of carbonyl (C=O) groups is 1. The second kappa shape index (κ2) is 11.4. The molecule has 0 heterocycles. The molecule has 0 aliphatic heterocycles. The van der Waals surface area contributed by atoms with E-state index in [-0.39, 0.29) is 11.9 Å². The first-order valence-corrected chi connectivity index (χ1v) is 7.83. The lowest BCUT2D eigenvalue weighted by Crippen LogP contribution is -2.32. The quantitative estimate of drug-likeness (QED) is 0.616. The van der Waals surface area contributed by atoms with Gasteiger partial charge in [-0.2, -0.15) is 17.0 Å². The minimum atomic E-state index is -0.0824. The lowest BCUT2D eigenvalue weighted by molar-refractivity contribution is -0.127. The molecule has 0 aliphatic carbocycles. The number of hydrogen-bond acceptors (Lipinski definition) is 4. The molecule has 1 amide bonds. The minimum absolute atomic E-state index is 0.0824. The Kier molecular flexibility index (Phi) is 10.9. The van der Waals surface area contributed by atoms with Crippen molar-refractivity contribution in [1.82, 2.24) is 10.2 Å². The van der Waals surface area contributed by atoms with Crippen LogP contribution in [0.5, 0.6) is 0 Å². The second-order valence-corrected chi connectivity index (χ2v) is 5.15. The molecule has 0 saturated heterocycles. The fourth-order valence-corrected chi connectivity index (χ4v) is 2.46. The lowest BCUT2D eigenvalue weighted by Gasteiger charge is -2.18. The van der Waals surface area contributed by atoms with Gasteiger partial charge in [0, 0.05) is 13.1 Å². The van der Waals surface area contributed by atoms with Crippen LogP contribution in [0.3, 0.4) is 0 Å². The van der Waals surface area contributed by atoms with Crippen LogP contribution in [-0.2, 0) is 4.79 Å². The Morgan fingerprint density at radius 1 is 1.39 bits per heavy atom. The maximum absolute atomic E-state index is 11.7. The number of thioether (sulfide) groups is 1. The number of rotatable bonds is 10. The molecular formula is C13H25N3OS. The van der Waals surface area contributed by atoms with E-state index in [1.54, 1.807) is 11.8 Å². The molecule has 0 fully saturated rings. The van der Waals surface area contributed by atoms with Crippen LogP contribution >= 0.6 is 11.8 Å². The molecule has 4 nitrogen and oxygen atoms in total. The molecule has 0 aromatic heterocycles. The molecule has 0 aliphatic rings. The SMILES string of the molecule is CCCNC(C#N)CCSCC(=O)N(CC)CC. The van der Waals surface area contributed by atoms with Crippen LogP contribution in [0.2, 0.25) is 0 Å². The minimum Gasteiger partial charge on any atom is -0.343 e. The molecule has 0 rings (SSSR count). The number of carbonyl (C=O) groups excluding carboxylic acids is 1. The van der Waals surface area contributed by atoms with Crippen molar-refractivity contribution in [3.63, 3.8) is 0 Å². The molecule has 0 saturated carbocycles. The summed E-state index contributed by atoms with van der Waals surface area (Å²) in [6, 6.07) is 2.17. The third-order valence-corrected chi connectivity index (χ3v) is 3.66. The van der Waals surface area contributed by atoms with E-state index in [9.17, 15) is 4.79 Å². The molecule has 0 bridgehead atoms. The highest BCUT2D eigenvalue weighted by atomic mass is 32.2. The van der Waals surface area contributed by atoms with Crippen LogP contribution < -0.4 is 5.32 Å². The van der Waals surface area contributed by atoms with Crippen LogP contribution in [0.25, 0.3) is 0 Å². The van der Waals surface area contributed by atoms with E-state index in [0.29, 0.717) is 5.75 Å². The first-order valence-electron chi connectivity index (χ1n) is 6.68. The summed E-state index contributed by atoms with van der Waals surface area (Å²) < 4.78 is 0. The topological polar surface area (TPSA) is 56.1 Å². The van der Waals surface area contributed by atoms with Gasteiger partial charge in [-0.1, -0.05) is 6.92 Å². The smallest absolute Gasteiger partial charge is 0.232 e. The molecule has 1 unspecified atom stereocenters. The first-order chi connectivity index (χ1) is 8.69. The highest BCUT2D eigenvalue weighted by molar-refractivity contribution is 7.99. The Labute approximate surface area is 115 Å². The number of nitrogens with zero attached hydrogens (tertiary/aromatic N) is 2. The number of amides is 1. The van der Waals surface area contributed by atoms with Crippen molar-refractivity contribution in [1.29, 1.82) is 5.26 Å². The van der Waals surface area contributed by atoms with Gasteiger partial charge in [-0.15, -0.1) is 0 Å². The van der Waals surface area contributed by atoms with Gasteiger partial charge in [-0.05, 0) is 39.0 Å². The standard InChI is InChI=1S/C13H25N3OS/c1-4-8-15-12(10-14)7-9-18-11-13(17)16(5-2)6-3/h12,15H,4-9,11H2,1-3H3. The van der Waals surface area contributed by atoms with Crippen molar-refractivity contribution in [3.8, 4) is 6.07 Å². The van der Waals surface area contributed by atoms with E-state index < -0.39 is 0 Å². The van der Waals surface area contributed by atoms with Crippen LogP contribution in [0.4, 0.5) is 0 Å². The summed E-state index contributed by atoms with van der Waals surface area (Å²) in [5.41, 5.74) is 0. The summed E-state index contributed by atoms with van der Waals surface area (Å²) in [5.74, 6) is 1.57. The van der Waals surface area contributed by atoms with E-state index in [1.807, 2.05) is 18.7 Å². The van der Waals surface area contributed by atoms with Gasteiger partial charge in [0.25, 0.3) is 0 Å². The molecule has 1 N–H and O–H groups in total. The van der Waals surface area contributed by atoms with Gasteiger partial charge in [0.15, 0.2) is 0 Å². The van der Waals surface area contributed by atoms with Crippen molar-refractivity contribution in [2.45, 2.75) is 39.7 Å². The molecule has 0 aromatic rings. The molecule has 5 heteroatoms. The predicted octanol–water partition coefficient (Wildman–Crippen LogP) is 1.87. The van der Waals surface area contributed by atoms with Crippen molar-refractivity contribution < 1.29 is 4.79 Å². The van der Waals surface area contributed by atoms with Crippen LogP contribution in [-0.4, -0.2) is 48.0 Å². The Hall–Kier alpha value is -0.730. The van der Waals surface area contributed by atoms with E-state index >= 15 is 0 Å². The van der Waals surface area contributed by atoms with Gasteiger partial charge in [0.1, 0.15) is 0 Å². The van der Waals surface area contributed by atoms with Gasteiger partial charge in [0.05, 0.1) is 17.9 Å². The summed E-state index contributed by atoms with van der Waals surface area (Å²) in [6.07, 6.45) is 1.83. The zero-order valence-electron chi connectivity index (χ0n) is 11.7. The Bertz CT molecular complexity index is 261. The van der Waals surface area contributed by atoms with Gasteiger partial charge >= 0.3 is 0 Å². The van der Waals surface area contributed by atoms with E-state index in [2.05, 4.69) is 18.3 Å². The first kappa shape index (κ1) is 17.3. The highest BCUT2D eigenvalue weighted by Crippen LogP contribution is 2.06. The number of hydrogen-bond donors (Lipinski definition) is 1. The fourth-order valence-electron chi connectivity index (χ4n) is 1.56. The zero-order chi connectivity index (χ0) is 13.8. The highest BCUT2D eigenvalue weighted by Gasteiger charge is 2.10. The molecular weight excluding hydrogens is 246 g/mol. The monoisotopic (exact) mass is 271 g/mol. The Morgan fingerprint density at radius 3 is 2.56 bits per heavy atom. The lowest BCUT2D eigenvalue weighted by atomic mass is 10.2. The summed E-state index contributed by atoms with van der Waals surface area (Å²) in [4.78, 5) is 13.6. The third kappa shape index (κ3) is 7.57. The summed E-state index contributed by atoms with van der Waals surface area (Å²) in [7, 11) is 0. The zero-order valence-corrected chi connectivity index (χ0v) is 12.6. The Morgan fingerprint density at radius 2 is 2.06 bits per heavy atom. The van der Waals surface area contributed by atoms with Crippen molar-refractivity contribution in [2.24, 2.45) is 0 Å². The van der Waals surface area contributed by atoms with Crippen LogP contribution in [0, 0.1) is 11.3 Å². The molecule has 0 spiro atoms. The second-order valence-electron chi connectivity index (χ2n) is 4.04. The van der Waals surface area contributed by atoms with Gasteiger partial charge < -0.3 is 10.2 Å². The average Bonchev–Trinajstić information content (AvgIpc) is 2.39. The molecule has 104 valence electrons. The third-order valence-electron chi connectivity index (χ3n) is 2.69. The molecule has 1 atom stereocenters. The van der Waals surface area contributed by atoms with E-state index in [4.69, 9.17) is 5.26 Å². The van der Waals surface area contributed by atoms with Crippen molar-refractivity contribution >= 4 is 17.7 Å². The average molecular weight is 271 g/mol. The van der Waals surface area contributed by atoms with Gasteiger partial charge in [-0.25, -0.2) is 0 Å². The maximum Gasteiger partial charge on any atom is 0.232 e. The van der Waals surface area contributed by atoms with E-state index in [0.717, 1.165) is 38.2 Å². The number of nitrogens with one attached hydrogen (secondary N) is 1. The van der Waals surface area contributed by atoms with Gasteiger partial charge in [-0.3, -0.25) is 4.79 Å². The molecule has 0 aromatic carbocycles. The fraction of sp³-hybridized carbons (Fsp3) is 0.846. The predicted molar refractivity (Wildman–Crippen MR) is 77.6 cm³/mol. The van der Waals surface area contributed by atoms with Crippen molar-refractivity contribution in [3.05, 3.63) is 0 Å². The summed E-state index contributed by atoms with van der Waals surface area (Å²) in [6.45, 7) is 8.49. The normalized spacial score (nSPS) is 11.9.